The van der Waals surface area contributed by atoms with Gasteiger partial charge in [-0.05, 0) is 151 Å². The molecular formula is C53H59NO6. The Bertz CT molecular complexity index is 2370. The standard InChI is InChI=1S/C53H59NO6/c1-4-54-41-13-9-11-36(28-41)10-5-6-12-38-17-20-42(55)30-40(38)31-44-32-43(56)19-15-37-16-23-49(58-3)50(29-37)60-34-39-18-22-46-51-45(39)21-14-35(2)47(51)33-48(57)52(46)53(26-27-59-44)24-7-8-25-53/h9,11,13-14,16-18,20-23,28-30,33,35,38,40,44,54-55,57H,4-8,10,12,15,19,24-25,31-32,34H2,1-3H3/t35-,38+,40+,44+/m1/s1. The van der Waals surface area contributed by atoms with Crippen molar-refractivity contribution in [3.63, 3.8) is 0 Å². The average Bonchev–Trinajstić information content (AvgIpc) is 3.72. The van der Waals surface area contributed by atoms with E-state index in [0.29, 0.717) is 37.4 Å². The summed E-state index contributed by atoms with van der Waals surface area (Å²) in [6.45, 7) is 5.51. The maximum absolute atomic E-state index is 13.9. The zero-order valence-corrected chi connectivity index (χ0v) is 35.4. The van der Waals surface area contributed by atoms with Gasteiger partial charge in [0.2, 0.25) is 0 Å². The summed E-state index contributed by atoms with van der Waals surface area (Å²) in [6, 6.07) is 20.8. The van der Waals surface area contributed by atoms with Crippen molar-refractivity contribution in [3.8, 4) is 29.3 Å². The van der Waals surface area contributed by atoms with Crippen molar-refractivity contribution < 1.29 is 29.2 Å². The molecule has 60 heavy (non-hydrogen) atoms. The van der Waals surface area contributed by atoms with E-state index < -0.39 is 11.5 Å². The molecule has 0 radical (unpaired) electrons. The molecule has 4 atom stereocenters. The van der Waals surface area contributed by atoms with Crippen LogP contribution in [0.2, 0.25) is 0 Å². The van der Waals surface area contributed by atoms with Crippen LogP contribution >= 0.6 is 0 Å². The van der Waals surface area contributed by atoms with E-state index in [1.807, 2.05) is 36.4 Å². The topological polar surface area (TPSA) is 97.3 Å². The van der Waals surface area contributed by atoms with Gasteiger partial charge in [0.1, 0.15) is 36.1 Å². The third-order valence-electron chi connectivity index (χ3n) is 13.2. The molecule has 1 fully saturated rings. The fourth-order valence-electron chi connectivity index (χ4n) is 10.1. The lowest BCUT2D eigenvalue weighted by atomic mass is 9.73. The Morgan fingerprint density at radius 2 is 1.83 bits per heavy atom. The molecule has 3 N–H and O–H groups in total. The number of allylic oxidation sites excluding steroid dienone is 4. The molecule has 5 aliphatic rings. The van der Waals surface area contributed by atoms with Gasteiger partial charge in [0.25, 0.3) is 0 Å². The first kappa shape index (κ1) is 41.1. The summed E-state index contributed by atoms with van der Waals surface area (Å²) >= 11 is 0. The summed E-state index contributed by atoms with van der Waals surface area (Å²) in [7, 11) is 1.64. The maximum atomic E-state index is 13.9. The maximum Gasteiger partial charge on any atom is 0.161 e. The number of aryl methyl sites for hydroxylation is 2. The number of carbonyl (C=O) groups is 1. The molecular weight excluding hydrogens is 747 g/mol. The number of rotatable bonds is 10. The molecule has 9 rings (SSSR count). The van der Waals surface area contributed by atoms with Gasteiger partial charge >= 0.3 is 0 Å². The van der Waals surface area contributed by atoms with Crippen molar-refractivity contribution in [2.24, 2.45) is 11.8 Å². The summed E-state index contributed by atoms with van der Waals surface area (Å²) in [5, 5.41) is 28.2. The molecule has 7 heteroatoms. The molecule has 0 saturated heterocycles. The number of aromatic hydroxyl groups is 1. The second-order valence-electron chi connectivity index (χ2n) is 17.3. The van der Waals surface area contributed by atoms with Crippen molar-refractivity contribution >= 4 is 28.3 Å². The molecule has 4 aromatic rings. The number of aliphatic hydroxyl groups excluding tert-OH is 1. The van der Waals surface area contributed by atoms with Crippen LogP contribution in [0.5, 0.6) is 17.2 Å². The number of Topliss-reactive ketones (excluding diaryl/α,β-unsaturated/α-hetero) is 1. The van der Waals surface area contributed by atoms with Gasteiger partial charge in [-0.15, -0.1) is 0 Å². The Labute approximate surface area is 355 Å². The molecule has 1 spiro atoms. The first-order valence-corrected chi connectivity index (χ1v) is 22.1. The summed E-state index contributed by atoms with van der Waals surface area (Å²) in [4.78, 5) is 13.9. The highest BCUT2D eigenvalue weighted by Gasteiger charge is 2.39. The van der Waals surface area contributed by atoms with Crippen LogP contribution in [0.25, 0.3) is 16.8 Å². The van der Waals surface area contributed by atoms with Crippen LogP contribution in [0.1, 0.15) is 117 Å². The van der Waals surface area contributed by atoms with E-state index in [0.717, 1.165) is 102 Å². The first-order chi connectivity index (χ1) is 29.2. The van der Waals surface area contributed by atoms with Gasteiger partial charge in [-0.1, -0.05) is 74.7 Å². The number of phenols is 1. The van der Waals surface area contributed by atoms with E-state index >= 15 is 0 Å². The average molecular weight is 806 g/mol. The molecule has 7 nitrogen and oxygen atoms in total. The minimum Gasteiger partial charge on any atom is -0.508 e. The highest BCUT2D eigenvalue weighted by molar-refractivity contribution is 6.01. The van der Waals surface area contributed by atoms with Crippen LogP contribution < -0.4 is 14.8 Å². The second-order valence-corrected chi connectivity index (χ2v) is 17.3. The molecule has 2 aliphatic heterocycles. The number of fused-ring (bicyclic) bond motifs is 8. The number of nitrogens with one attached hydrogen (secondary N) is 1. The molecule has 3 aliphatic carbocycles. The van der Waals surface area contributed by atoms with Gasteiger partial charge in [0, 0.05) is 36.6 Å². The number of aliphatic hydroxyl groups is 1. The smallest absolute Gasteiger partial charge is 0.161 e. The molecule has 2 heterocycles. The molecule has 4 aromatic carbocycles. The number of phenolic OH excluding ortho intramolecular Hbond substituents is 1. The first-order valence-electron chi connectivity index (χ1n) is 22.1. The second kappa shape index (κ2) is 18.3. The van der Waals surface area contributed by atoms with Crippen molar-refractivity contribution in [1.82, 2.24) is 0 Å². The van der Waals surface area contributed by atoms with E-state index in [2.05, 4.69) is 85.8 Å². The van der Waals surface area contributed by atoms with Crippen LogP contribution in [-0.4, -0.2) is 35.8 Å². The van der Waals surface area contributed by atoms with E-state index in [9.17, 15) is 15.0 Å². The minimum atomic E-state index is -0.604. The van der Waals surface area contributed by atoms with Gasteiger partial charge < -0.3 is 29.7 Å². The monoisotopic (exact) mass is 805 g/mol. The third kappa shape index (κ3) is 8.94. The van der Waals surface area contributed by atoms with Gasteiger partial charge in [-0.3, -0.25) is 4.79 Å². The Morgan fingerprint density at radius 3 is 2.67 bits per heavy atom. The Balaban J connectivity index is 1.11. The number of carbonyl (C=O) groups excluding carboxylic acids is 1. The fourth-order valence-corrected chi connectivity index (χ4v) is 10.1. The van der Waals surface area contributed by atoms with E-state index in [4.69, 9.17) is 14.2 Å². The summed E-state index contributed by atoms with van der Waals surface area (Å²) in [6.07, 6.45) is 22.3. The lowest BCUT2D eigenvalue weighted by Gasteiger charge is -2.30. The Kier molecular flexibility index (Phi) is 12.6. The lowest BCUT2D eigenvalue weighted by Crippen LogP contribution is -2.25. The Morgan fingerprint density at radius 1 is 0.967 bits per heavy atom. The number of hydrogen-bond acceptors (Lipinski definition) is 7. The highest BCUT2D eigenvalue weighted by Crippen LogP contribution is 2.51. The largest absolute Gasteiger partial charge is 0.508 e. The molecule has 312 valence electrons. The number of hydrogen-bond donors (Lipinski definition) is 3. The van der Waals surface area contributed by atoms with Crippen LogP contribution in [-0.2, 0) is 34.4 Å². The predicted octanol–water partition coefficient (Wildman–Crippen LogP) is 11.8. The quantitative estimate of drug-likeness (QED) is 0.108. The molecule has 0 amide bonds. The molecule has 0 unspecified atom stereocenters. The highest BCUT2D eigenvalue weighted by atomic mass is 16.5. The van der Waals surface area contributed by atoms with Crippen molar-refractivity contribution in [1.29, 1.82) is 0 Å². The Hall–Kier alpha value is -5.61. The van der Waals surface area contributed by atoms with Crippen LogP contribution in [0, 0.1) is 23.9 Å². The number of anilines is 1. The van der Waals surface area contributed by atoms with Gasteiger partial charge in [0.05, 0.1) is 12.5 Å². The number of ether oxygens (including phenoxy) is 3. The van der Waals surface area contributed by atoms with Crippen LogP contribution in [0.4, 0.5) is 5.69 Å². The van der Waals surface area contributed by atoms with Gasteiger partial charge in [-0.2, -0.15) is 0 Å². The number of ketones is 1. The fraction of sp³-hybridized carbons (Fsp3) is 0.415. The summed E-state index contributed by atoms with van der Waals surface area (Å²) in [5.41, 5.74) is 6.98. The number of benzene rings is 4. The minimum absolute atomic E-state index is 0.0104. The molecule has 1 saturated carbocycles. The zero-order chi connectivity index (χ0) is 41.6. The van der Waals surface area contributed by atoms with E-state index in [-0.39, 0.29) is 41.5 Å². The van der Waals surface area contributed by atoms with Crippen molar-refractivity contribution in [2.75, 3.05) is 19.0 Å². The zero-order valence-electron chi connectivity index (χ0n) is 35.4. The van der Waals surface area contributed by atoms with Gasteiger partial charge in [0.15, 0.2) is 11.5 Å². The van der Waals surface area contributed by atoms with E-state index in [1.165, 1.54) is 5.56 Å². The lowest BCUT2D eigenvalue weighted by molar-refractivity contribution is -0.121. The molecule has 6 bridgehead atoms. The normalized spacial score (nSPS) is 22.0. The number of methoxy groups -OCH3 is 1. The van der Waals surface area contributed by atoms with Gasteiger partial charge in [-0.25, -0.2) is 0 Å². The SMILES string of the molecule is CCNc1cccc(CCCC[C@H]2C=CC(O)=C[C@H]2C[C@H]2CC(=O)CCc3ccc(OC)c(c3)OCc3ccc4c(c(O)cc5c4c3C=C[C@H]5C)C3(C#CO2)CCCC3)c1. The molecule has 0 aromatic heterocycles. The van der Waals surface area contributed by atoms with Crippen LogP contribution in [0.15, 0.2) is 90.7 Å². The van der Waals surface area contributed by atoms with Crippen molar-refractivity contribution in [2.45, 2.75) is 115 Å². The number of unbranched alkanes of at least 4 members (excludes halogenated alkanes) is 1. The van der Waals surface area contributed by atoms with Crippen molar-refractivity contribution in [3.05, 3.63) is 124 Å². The summed E-state index contributed by atoms with van der Waals surface area (Å²) in [5.74, 6) is 5.81. The third-order valence-corrected chi connectivity index (χ3v) is 13.2. The summed E-state index contributed by atoms with van der Waals surface area (Å²) < 4.78 is 18.8. The predicted molar refractivity (Wildman–Crippen MR) is 241 cm³/mol. The van der Waals surface area contributed by atoms with Crippen LogP contribution in [0.3, 0.4) is 0 Å². The van der Waals surface area contributed by atoms with E-state index in [1.54, 1.807) is 7.11 Å².